The van der Waals surface area contributed by atoms with E-state index in [1.54, 1.807) is 12.1 Å². The monoisotopic (exact) mass is 250 g/mol. The van der Waals surface area contributed by atoms with Crippen molar-refractivity contribution in [2.45, 2.75) is 27.7 Å². The van der Waals surface area contributed by atoms with Crippen LogP contribution in [-0.2, 0) is 4.74 Å². The fourth-order valence-electron chi connectivity index (χ4n) is 1.30. The first kappa shape index (κ1) is 14.6. The van der Waals surface area contributed by atoms with Gasteiger partial charge in [-0.2, -0.15) is 0 Å². The molecule has 0 amide bonds. The number of esters is 1. The SMILES string of the molecule is CC(C)COC(=O)c1cccc(OCC(C)C)c1. The van der Waals surface area contributed by atoms with Gasteiger partial charge in [-0.1, -0.05) is 33.8 Å². The topological polar surface area (TPSA) is 35.5 Å². The molecule has 0 radical (unpaired) electrons. The Balaban J connectivity index is 2.60. The summed E-state index contributed by atoms with van der Waals surface area (Å²) in [7, 11) is 0. The highest BCUT2D eigenvalue weighted by molar-refractivity contribution is 5.89. The molecule has 1 rings (SSSR count). The summed E-state index contributed by atoms with van der Waals surface area (Å²) in [5.74, 6) is 1.22. The number of hydrogen-bond donors (Lipinski definition) is 0. The zero-order valence-electron chi connectivity index (χ0n) is 11.6. The minimum Gasteiger partial charge on any atom is -0.493 e. The van der Waals surface area contributed by atoms with Gasteiger partial charge in [0, 0.05) is 0 Å². The van der Waals surface area contributed by atoms with E-state index in [1.165, 1.54) is 0 Å². The quantitative estimate of drug-likeness (QED) is 0.724. The van der Waals surface area contributed by atoms with Crippen molar-refractivity contribution in [3.05, 3.63) is 29.8 Å². The van der Waals surface area contributed by atoms with Crippen LogP contribution in [0.2, 0.25) is 0 Å². The molecule has 1 aromatic carbocycles. The number of benzene rings is 1. The smallest absolute Gasteiger partial charge is 0.338 e. The van der Waals surface area contributed by atoms with Crippen LogP contribution in [-0.4, -0.2) is 19.2 Å². The van der Waals surface area contributed by atoms with Crippen molar-refractivity contribution >= 4 is 5.97 Å². The van der Waals surface area contributed by atoms with Crippen LogP contribution in [0.5, 0.6) is 5.75 Å². The Bertz CT molecular complexity index is 383. The first-order chi connectivity index (χ1) is 8.49. The second-order valence-electron chi connectivity index (χ2n) is 5.22. The maximum Gasteiger partial charge on any atom is 0.338 e. The summed E-state index contributed by atoms with van der Waals surface area (Å²) in [6.45, 7) is 9.27. The third kappa shape index (κ3) is 5.21. The third-order valence-corrected chi connectivity index (χ3v) is 2.20. The van der Waals surface area contributed by atoms with E-state index < -0.39 is 0 Å². The van der Waals surface area contributed by atoms with E-state index in [0.717, 1.165) is 0 Å². The zero-order chi connectivity index (χ0) is 13.5. The molecule has 0 aromatic heterocycles. The fourth-order valence-corrected chi connectivity index (χ4v) is 1.30. The number of carbonyl (C=O) groups excluding carboxylic acids is 1. The van der Waals surface area contributed by atoms with Gasteiger partial charge in [0.25, 0.3) is 0 Å². The summed E-state index contributed by atoms with van der Waals surface area (Å²) in [5.41, 5.74) is 0.539. The average Bonchev–Trinajstić information content (AvgIpc) is 2.33. The third-order valence-electron chi connectivity index (χ3n) is 2.20. The number of carbonyl (C=O) groups is 1. The molecule has 0 saturated carbocycles. The Morgan fingerprint density at radius 1 is 1.11 bits per heavy atom. The molecule has 100 valence electrons. The van der Waals surface area contributed by atoms with E-state index in [9.17, 15) is 4.79 Å². The van der Waals surface area contributed by atoms with E-state index >= 15 is 0 Å². The van der Waals surface area contributed by atoms with Crippen LogP contribution in [0.15, 0.2) is 24.3 Å². The van der Waals surface area contributed by atoms with E-state index in [2.05, 4.69) is 13.8 Å². The lowest BCUT2D eigenvalue weighted by Gasteiger charge is -2.10. The maximum absolute atomic E-state index is 11.8. The molecule has 1 aromatic rings. The Kier molecular flexibility index (Phi) is 5.69. The van der Waals surface area contributed by atoms with Crippen LogP contribution in [0.1, 0.15) is 38.1 Å². The van der Waals surface area contributed by atoms with Gasteiger partial charge in [-0.15, -0.1) is 0 Å². The van der Waals surface area contributed by atoms with Gasteiger partial charge in [0.2, 0.25) is 0 Å². The molecule has 3 heteroatoms. The first-order valence-electron chi connectivity index (χ1n) is 6.39. The van der Waals surface area contributed by atoms with E-state index in [0.29, 0.717) is 36.4 Å². The first-order valence-corrected chi connectivity index (χ1v) is 6.39. The molecule has 0 bridgehead atoms. The summed E-state index contributed by atoms with van der Waals surface area (Å²) in [6.07, 6.45) is 0. The van der Waals surface area contributed by atoms with E-state index in [1.807, 2.05) is 26.0 Å². The zero-order valence-corrected chi connectivity index (χ0v) is 11.6. The summed E-state index contributed by atoms with van der Waals surface area (Å²) >= 11 is 0. The lowest BCUT2D eigenvalue weighted by Crippen LogP contribution is -2.10. The van der Waals surface area contributed by atoms with Crippen molar-refractivity contribution < 1.29 is 14.3 Å². The molecular weight excluding hydrogens is 228 g/mol. The van der Waals surface area contributed by atoms with Crippen LogP contribution in [0.25, 0.3) is 0 Å². The highest BCUT2D eigenvalue weighted by Crippen LogP contribution is 2.15. The molecule has 0 aliphatic rings. The van der Waals surface area contributed by atoms with Crippen LogP contribution in [0.4, 0.5) is 0 Å². The van der Waals surface area contributed by atoms with E-state index in [4.69, 9.17) is 9.47 Å². The van der Waals surface area contributed by atoms with Gasteiger partial charge in [0.15, 0.2) is 0 Å². The summed E-state index contributed by atoms with van der Waals surface area (Å²) < 4.78 is 10.8. The summed E-state index contributed by atoms with van der Waals surface area (Å²) in [6, 6.07) is 7.12. The van der Waals surface area contributed by atoms with Gasteiger partial charge >= 0.3 is 5.97 Å². The van der Waals surface area contributed by atoms with Crippen LogP contribution >= 0.6 is 0 Å². The fraction of sp³-hybridized carbons (Fsp3) is 0.533. The average molecular weight is 250 g/mol. The summed E-state index contributed by atoms with van der Waals surface area (Å²) in [5, 5.41) is 0. The van der Waals surface area contributed by atoms with Crippen molar-refractivity contribution in [1.82, 2.24) is 0 Å². The predicted molar refractivity (Wildman–Crippen MR) is 71.9 cm³/mol. The normalized spacial score (nSPS) is 10.8. The lowest BCUT2D eigenvalue weighted by atomic mass is 10.2. The summed E-state index contributed by atoms with van der Waals surface area (Å²) in [4.78, 5) is 11.8. The number of hydrogen-bond acceptors (Lipinski definition) is 3. The molecule has 0 atom stereocenters. The molecule has 0 N–H and O–H groups in total. The van der Waals surface area contributed by atoms with Crippen LogP contribution in [0, 0.1) is 11.8 Å². The highest BCUT2D eigenvalue weighted by atomic mass is 16.5. The molecule has 0 aliphatic heterocycles. The molecule has 18 heavy (non-hydrogen) atoms. The molecule has 0 fully saturated rings. The van der Waals surface area contributed by atoms with Gasteiger partial charge in [-0.3, -0.25) is 0 Å². The largest absolute Gasteiger partial charge is 0.493 e. The van der Waals surface area contributed by atoms with Crippen molar-refractivity contribution in [1.29, 1.82) is 0 Å². The second kappa shape index (κ2) is 7.04. The van der Waals surface area contributed by atoms with Crippen LogP contribution < -0.4 is 4.74 Å². The number of rotatable bonds is 6. The van der Waals surface area contributed by atoms with Crippen molar-refractivity contribution in [3.8, 4) is 5.75 Å². The molecule has 0 unspecified atom stereocenters. The Morgan fingerprint density at radius 3 is 2.39 bits per heavy atom. The minimum atomic E-state index is -0.293. The number of ether oxygens (including phenoxy) is 2. The standard InChI is InChI=1S/C15H22O3/c1-11(2)9-17-14-7-5-6-13(8-14)15(16)18-10-12(3)4/h5-8,11-12H,9-10H2,1-4H3. The van der Waals surface area contributed by atoms with E-state index in [-0.39, 0.29) is 5.97 Å². The predicted octanol–water partition coefficient (Wildman–Crippen LogP) is 3.53. The second-order valence-corrected chi connectivity index (χ2v) is 5.22. The van der Waals surface area contributed by atoms with Gasteiger partial charge in [-0.25, -0.2) is 4.79 Å². The molecule has 0 aliphatic carbocycles. The van der Waals surface area contributed by atoms with Crippen molar-refractivity contribution in [2.75, 3.05) is 13.2 Å². The minimum absolute atomic E-state index is 0.293. The van der Waals surface area contributed by atoms with Gasteiger partial charge in [0.05, 0.1) is 18.8 Å². The Morgan fingerprint density at radius 2 is 1.78 bits per heavy atom. The Labute approximate surface area is 109 Å². The Hall–Kier alpha value is -1.51. The van der Waals surface area contributed by atoms with Crippen molar-refractivity contribution in [2.24, 2.45) is 11.8 Å². The van der Waals surface area contributed by atoms with Gasteiger partial charge in [0.1, 0.15) is 5.75 Å². The van der Waals surface area contributed by atoms with Crippen molar-refractivity contribution in [3.63, 3.8) is 0 Å². The lowest BCUT2D eigenvalue weighted by molar-refractivity contribution is 0.0458. The van der Waals surface area contributed by atoms with Gasteiger partial charge in [-0.05, 0) is 30.0 Å². The van der Waals surface area contributed by atoms with Gasteiger partial charge < -0.3 is 9.47 Å². The molecule has 0 saturated heterocycles. The molecule has 3 nitrogen and oxygen atoms in total. The maximum atomic E-state index is 11.8. The highest BCUT2D eigenvalue weighted by Gasteiger charge is 2.09. The molecule has 0 heterocycles. The molecular formula is C15H22O3. The molecule has 0 spiro atoms. The van der Waals surface area contributed by atoms with Crippen LogP contribution in [0.3, 0.4) is 0 Å².